The summed E-state index contributed by atoms with van der Waals surface area (Å²) >= 11 is 0. The third kappa shape index (κ3) is 4.40. The van der Waals surface area contributed by atoms with Gasteiger partial charge in [-0.05, 0) is 37.8 Å². The Kier molecular flexibility index (Phi) is 5.94. The lowest BCUT2D eigenvalue weighted by molar-refractivity contribution is -0.127. The lowest BCUT2D eigenvalue weighted by Gasteiger charge is -2.32. The number of carbonyl (C=O) groups excluding carboxylic acids is 2. The molecule has 1 aliphatic carbocycles. The second kappa shape index (κ2) is 8.36. The van der Waals surface area contributed by atoms with E-state index < -0.39 is 0 Å². The van der Waals surface area contributed by atoms with Crippen LogP contribution in [0.5, 0.6) is 0 Å². The van der Waals surface area contributed by atoms with E-state index in [9.17, 15) is 9.59 Å². The molecule has 1 saturated heterocycles. The minimum Gasteiger partial charge on any atom is -0.459 e. The van der Waals surface area contributed by atoms with Crippen LogP contribution in [0, 0.1) is 5.92 Å². The zero-order valence-electron chi connectivity index (χ0n) is 14.3. The Bertz CT molecular complexity index is 525. The van der Waals surface area contributed by atoms with Crippen LogP contribution in [-0.4, -0.2) is 35.8 Å². The quantitative estimate of drug-likeness (QED) is 0.923. The average molecular weight is 332 g/mol. The van der Waals surface area contributed by atoms with Gasteiger partial charge >= 0.3 is 0 Å². The lowest BCUT2D eigenvalue weighted by Crippen LogP contribution is -2.45. The normalized spacial score (nSPS) is 21.1. The summed E-state index contributed by atoms with van der Waals surface area (Å²) in [6, 6.07) is 3.76. The highest BCUT2D eigenvalue weighted by atomic mass is 16.3. The van der Waals surface area contributed by atoms with Crippen molar-refractivity contribution in [2.24, 2.45) is 5.92 Å². The summed E-state index contributed by atoms with van der Waals surface area (Å²) in [6.45, 7) is 1.25. The Morgan fingerprint density at radius 3 is 2.29 bits per heavy atom. The number of furan rings is 1. The van der Waals surface area contributed by atoms with Crippen molar-refractivity contribution in [3.63, 3.8) is 0 Å². The van der Waals surface area contributed by atoms with Crippen molar-refractivity contribution in [1.29, 1.82) is 0 Å². The maximum absolute atomic E-state index is 12.5. The lowest BCUT2D eigenvalue weighted by atomic mass is 9.93. The maximum Gasteiger partial charge on any atom is 0.289 e. The van der Waals surface area contributed by atoms with Crippen molar-refractivity contribution in [3.05, 3.63) is 24.2 Å². The first-order chi connectivity index (χ1) is 11.7. The summed E-state index contributed by atoms with van der Waals surface area (Å²) in [5.74, 6) is 0.535. The summed E-state index contributed by atoms with van der Waals surface area (Å²) in [5.41, 5.74) is 0. The number of carbonyl (C=O) groups is 2. The highest BCUT2D eigenvalue weighted by Crippen LogP contribution is 2.22. The fraction of sp³-hybridized carbons (Fsp3) is 0.684. The first-order valence-corrected chi connectivity index (χ1v) is 9.37. The van der Waals surface area contributed by atoms with E-state index in [0.717, 1.165) is 25.7 Å². The van der Waals surface area contributed by atoms with E-state index in [1.54, 1.807) is 17.0 Å². The van der Waals surface area contributed by atoms with Crippen LogP contribution in [-0.2, 0) is 4.79 Å². The van der Waals surface area contributed by atoms with E-state index in [-0.39, 0.29) is 17.7 Å². The van der Waals surface area contributed by atoms with E-state index in [1.165, 1.54) is 38.4 Å². The molecule has 5 nitrogen and oxygen atoms in total. The molecule has 2 heterocycles. The number of hydrogen-bond donors (Lipinski definition) is 1. The molecule has 0 atom stereocenters. The molecule has 5 heteroatoms. The van der Waals surface area contributed by atoms with Gasteiger partial charge in [-0.2, -0.15) is 0 Å². The molecule has 1 aromatic heterocycles. The smallest absolute Gasteiger partial charge is 0.289 e. The van der Waals surface area contributed by atoms with Crippen LogP contribution in [0.15, 0.2) is 22.8 Å². The van der Waals surface area contributed by atoms with Crippen LogP contribution < -0.4 is 5.32 Å². The standard InChI is InChI=1S/C19H28N2O3/c22-18(20-16-7-4-2-1-3-5-8-16)15-10-12-21(13-11-15)19(23)17-9-6-14-24-17/h6,9,14-16H,1-5,7-8,10-13H2,(H,20,22). The second-order valence-electron chi connectivity index (χ2n) is 7.09. The Morgan fingerprint density at radius 1 is 1.00 bits per heavy atom. The van der Waals surface area contributed by atoms with E-state index in [1.807, 2.05) is 0 Å². The molecule has 2 amide bonds. The van der Waals surface area contributed by atoms with Gasteiger partial charge in [-0.15, -0.1) is 0 Å². The first kappa shape index (κ1) is 17.1. The molecule has 0 radical (unpaired) electrons. The predicted octanol–water partition coefficient (Wildman–Crippen LogP) is 3.36. The van der Waals surface area contributed by atoms with Gasteiger partial charge in [-0.25, -0.2) is 0 Å². The summed E-state index contributed by atoms with van der Waals surface area (Å²) in [7, 11) is 0. The summed E-state index contributed by atoms with van der Waals surface area (Å²) < 4.78 is 5.17. The fourth-order valence-corrected chi connectivity index (χ4v) is 3.82. The van der Waals surface area contributed by atoms with E-state index in [4.69, 9.17) is 4.42 Å². The van der Waals surface area contributed by atoms with Gasteiger partial charge in [-0.1, -0.05) is 32.1 Å². The van der Waals surface area contributed by atoms with Crippen molar-refractivity contribution in [2.45, 2.75) is 63.8 Å². The molecule has 2 aliphatic rings. The van der Waals surface area contributed by atoms with E-state index >= 15 is 0 Å². The first-order valence-electron chi connectivity index (χ1n) is 9.37. The highest BCUT2D eigenvalue weighted by molar-refractivity contribution is 5.91. The zero-order chi connectivity index (χ0) is 16.8. The largest absolute Gasteiger partial charge is 0.459 e. The second-order valence-corrected chi connectivity index (χ2v) is 7.09. The highest BCUT2D eigenvalue weighted by Gasteiger charge is 2.29. The molecule has 0 spiro atoms. The van der Waals surface area contributed by atoms with Crippen molar-refractivity contribution in [1.82, 2.24) is 10.2 Å². The zero-order valence-corrected chi connectivity index (χ0v) is 14.3. The topological polar surface area (TPSA) is 62.6 Å². The van der Waals surface area contributed by atoms with Crippen molar-refractivity contribution in [2.75, 3.05) is 13.1 Å². The van der Waals surface area contributed by atoms with Crippen molar-refractivity contribution < 1.29 is 14.0 Å². The van der Waals surface area contributed by atoms with Gasteiger partial charge < -0.3 is 14.6 Å². The molecule has 0 unspecified atom stereocenters. The Morgan fingerprint density at radius 2 is 1.67 bits per heavy atom. The monoisotopic (exact) mass is 332 g/mol. The molecule has 24 heavy (non-hydrogen) atoms. The number of likely N-dealkylation sites (tertiary alicyclic amines) is 1. The van der Waals surface area contributed by atoms with Gasteiger partial charge in [0.05, 0.1) is 6.26 Å². The predicted molar refractivity (Wildman–Crippen MR) is 91.6 cm³/mol. The van der Waals surface area contributed by atoms with Gasteiger partial charge in [0.2, 0.25) is 5.91 Å². The summed E-state index contributed by atoms with van der Waals surface area (Å²) in [4.78, 5) is 26.6. The molecule has 0 bridgehead atoms. The Hall–Kier alpha value is -1.78. The van der Waals surface area contributed by atoms with Crippen LogP contribution in [0.2, 0.25) is 0 Å². The third-order valence-electron chi connectivity index (χ3n) is 5.34. The molecular weight excluding hydrogens is 304 g/mol. The van der Waals surface area contributed by atoms with Gasteiger partial charge in [0.1, 0.15) is 0 Å². The third-order valence-corrected chi connectivity index (χ3v) is 5.34. The molecule has 2 fully saturated rings. The molecular formula is C19H28N2O3. The van der Waals surface area contributed by atoms with Crippen LogP contribution in [0.3, 0.4) is 0 Å². The van der Waals surface area contributed by atoms with Gasteiger partial charge in [-0.3, -0.25) is 9.59 Å². The molecule has 1 N–H and O–H groups in total. The molecule has 1 aromatic rings. The van der Waals surface area contributed by atoms with Crippen LogP contribution in [0.4, 0.5) is 0 Å². The summed E-state index contributed by atoms with van der Waals surface area (Å²) in [6.07, 6.45) is 11.6. The number of hydrogen-bond acceptors (Lipinski definition) is 3. The minimum absolute atomic E-state index is 0.0380. The number of piperidine rings is 1. The van der Waals surface area contributed by atoms with E-state index in [2.05, 4.69) is 5.32 Å². The maximum atomic E-state index is 12.5. The van der Waals surface area contributed by atoms with Crippen LogP contribution >= 0.6 is 0 Å². The van der Waals surface area contributed by atoms with Gasteiger partial charge in [0.15, 0.2) is 5.76 Å². The van der Waals surface area contributed by atoms with Crippen LogP contribution in [0.1, 0.15) is 68.3 Å². The molecule has 0 aromatic carbocycles. The van der Waals surface area contributed by atoms with Crippen LogP contribution in [0.25, 0.3) is 0 Å². The van der Waals surface area contributed by atoms with Crippen molar-refractivity contribution >= 4 is 11.8 Å². The van der Waals surface area contributed by atoms with E-state index in [0.29, 0.717) is 24.9 Å². The number of nitrogens with one attached hydrogen (secondary N) is 1. The van der Waals surface area contributed by atoms with Gasteiger partial charge in [0, 0.05) is 25.0 Å². The summed E-state index contributed by atoms with van der Waals surface area (Å²) in [5, 5.41) is 3.27. The Labute approximate surface area is 143 Å². The van der Waals surface area contributed by atoms with Gasteiger partial charge in [0.25, 0.3) is 5.91 Å². The number of rotatable bonds is 3. The Balaban J connectivity index is 1.45. The van der Waals surface area contributed by atoms with Crippen molar-refractivity contribution in [3.8, 4) is 0 Å². The number of amides is 2. The SMILES string of the molecule is O=C(NC1CCCCCCC1)C1CCN(C(=O)c2ccco2)CC1. The average Bonchev–Trinajstić information content (AvgIpc) is 3.11. The number of nitrogens with zero attached hydrogens (tertiary/aromatic N) is 1. The molecule has 132 valence electrons. The molecule has 1 saturated carbocycles. The molecule has 3 rings (SSSR count). The minimum atomic E-state index is -0.0705. The fourth-order valence-electron chi connectivity index (χ4n) is 3.82. The molecule has 1 aliphatic heterocycles.